The highest BCUT2D eigenvalue weighted by atomic mass is 19.3. The molecule has 3 heteroatoms. The molecule has 0 amide bonds. The highest BCUT2D eigenvalue weighted by Crippen LogP contribution is 2.38. The maximum absolute atomic E-state index is 14.6. The van der Waals surface area contributed by atoms with Gasteiger partial charge < -0.3 is 4.74 Å². The molecular formula is C30H38F2O. The minimum atomic E-state index is -3.27. The fourth-order valence-electron chi connectivity index (χ4n) is 4.75. The van der Waals surface area contributed by atoms with E-state index in [1.54, 1.807) is 12.1 Å². The van der Waals surface area contributed by atoms with Crippen molar-refractivity contribution in [2.75, 3.05) is 6.61 Å². The van der Waals surface area contributed by atoms with E-state index in [4.69, 9.17) is 4.74 Å². The lowest BCUT2D eigenvalue weighted by Gasteiger charge is -2.29. The van der Waals surface area contributed by atoms with E-state index in [2.05, 4.69) is 25.7 Å². The Kier molecular flexibility index (Phi) is 9.87. The van der Waals surface area contributed by atoms with Crippen LogP contribution in [0.3, 0.4) is 0 Å². The monoisotopic (exact) mass is 452 g/mol. The van der Waals surface area contributed by atoms with Crippen LogP contribution in [0.2, 0.25) is 0 Å². The maximum Gasteiger partial charge on any atom is 0.383 e. The minimum Gasteiger partial charge on any atom is -0.316 e. The average Bonchev–Trinajstić information content (AvgIpc) is 2.84. The van der Waals surface area contributed by atoms with E-state index in [0.717, 1.165) is 43.6 Å². The molecule has 0 atom stereocenters. The Labute approximate surface area is 198 Å². The third-order valence-corrected chi connectivity index (χ3v) is 6.88. The summed E-state index contributed by atoms with van der Waals surface area (Å²) in [7, 11) is 0. The number of aryl methyl sites for hydroxylation is 1. The van der Waals surface area contributed by atoms with Gasteiger partial charge in [-0.2, -0.15) is 8.78 Å². The summed E-state index contributed by atoms with van der Waals surface area (Å²) in [5, 5.41) is 0. The molecule has 0 radical (unpaired) electrons. The molecule has 2 aromatic rings. The Hall–Kier alpha value is -2.26. The zero-order valence-corrected chi connectivity index (χ0v) is 19.9. The van der Waals surface area contributed by atoms with Crippen molar-refractivity contribution >= 4 is 0 Å². The molecule has 178 valence electrons. The molecular weight excluding hydrogens is 414 g/mol. The van der Waals surface area contributed by atoms with Crippen LogP contribution in [0, 0.1) is 5.92 Å². The van der Waals surface area contributed by atoms with Crippen LogP contribution in [0.25, 0.3) is 0 Å². The SMILES string of the molecule is C=CCCc1ccc(CCOC(F)(F)c2ccc(C3CCC(CCC=CC)CC3)cc2)cc1. The number of halogens is 2. The molecule has 0 saturated heterocycles. The molecule has 1 saturated carbocycles. The largest absolute Gasteiger partial charge is 0.383 e. The van der Waals surface area contributed by atoms with Gasteiger partial charge in [0.15, 0.2) is 0 Å². The van der Waals surface area contributed by atoms with Crippen molar-refractivity contribution in [1.82, 2.24) is 0 Å². The third-order valence-electron chi connectivity index (χ3n) is 6.88. The smallest absolute Gasteiger partial charge is 0.316 e. The van der Waals surface area contributed by atoms with Crippen molar-refractivity contribution < 1.29 is 13.5 Å². The Balaban J connectivity index is 1.46. The van der Waals surface area contributed by atoms with Crippen LogP contribution in [0.5, 0.6) is 0 Å². The van der Waals surface area contributed by atoms with Crippen molar-refractivity contribution in [3.63, 3.8) is 0 Å². The number of ether oxygens (including phenoxy) is 1. The molecule has 0 heterocycles. The predicted molar refractivity (Wildman–Crippen MR) is 134 cm³/mol. The minimum absolute atomic E-state index is 0.0159. The van der Waals surface area contributed by atoms with Gasteiger partial charge in [0.2, 0.25) is 0 Å². The van der Waals surface area contributed by atoms with E-state index >= 15 is 0 Å². The summed E-state index contributed by atoms with van der Waals surface area (Å²) < 4.78 is 34.2. The molecule has 1 fully saturated rings. The zero-order valence-electron chi connectivity index (χ0n) is 19.9. The molecule has 0 unspecified atom stereocenters. The summed E-state index contributed by atoms with van der Waals surface area (Å²) >= 11 is 0. The van der Waals surface area contributed by atoms with Gasteiger partial charge in [-0.15, -0.1) is 6.58 Å². The lowest BCUT2D eigenvalue weighted by molar-refractivity contribution is -0.248. The third kappa shape index (κ3) is 7.92. The summed E-state index contributed by atoms with van der Waals surface area (Å²) in [4.78, 5) is 0. The zero-order chi connectivity index (χ0) is 23.5. The Morgan fingerprint density at radius 3 is 2.15 bits per heavy atom. The fourth-order valence-corrected chi connectivity index (χ4v) is 4.75. The first kappa shape index (κ1) is 25.4. The second-order valence-corrected chi connectivity index (χ2v) is 9.25. The van der Waals surface area contributed by atoms with Gasteiger partial charge >= 0.3 is 6.11 Å². The van der Waals surface area contributed by atoms with Crippen molar-refractivity contribution in [3.8, 4) is 0 Å². The predicted octanol–water partition coefficient (Wildman–Crippen LogP) is 8.74. The molecule has 33 heavy (non-hydrogen) atoms. The van der Waals surface area contributed by atoms with Crippen molar-refractivity contribution in [2.24, 2.45) is 5.92 Å². The molecule has 0 N–H and O–H groups in total. The second-order valence-electron chi connectivity index (χ2n) is 9.25. The Morgan fingerprint density at radius 1 is 0.909 bits per heavy atom. The maximum atomic E-state index is 14.6. The number of hydrogen-bond acceptors (Lipinski definition) is 1. The molecule has 1 nitrogen and oxygen atoms in total. The van der Waals surface area contributed by atoms with Crippen LogP contribution >= 0.6 is 0 Å². The van der Waals surface area contributed by atoms with Crippen molar-refractivity contribution in [2.45, 2.75) is 76.7 Å². The van der Waals surface area contributed by atoms with Crippen LogP contribution in [0.15, 0.2) is 73.3 Å². The normalized spacial score (nSPS) is 19.1. The lowest BCUT2D eigenvalue weighted by atomic mass is 9.77. The van der Waals surface area contributed by atoms with Crippen LogP contribution < -0.4 is 0 Å². The number of allylic oxidation sites excluding steroid dienone is 3. The number of rotatable bonds is 12. The number of alkyl halides is 2. The average molecular weight is 453 g/mol. The van der Waals surface area contributed by atoms with E-state index < -0.39 is 6.11 Å². The van der Waals surface area contributed by atoms with Crippen molar-refractivity contribution in [1.29, 1.82) is 0 Å². The summed E-state index contributed by atoms with van der Waals surface area (Å²) in [6.45, 7) is 5.79. The lowest BCUT2D eigenvalue weighted by Crippen LogP contribution is -2.20. The van der Waals surface area contributed by atoms with Crippen LogP contribution in [0.4, 0.5) is 8.78 Å². The van der Waals surface area contributed by atoms with Gasteiger partial charge in [0, 0.05) is 0 Å². The van der Waals surface area contributed by atoms with Gasteiger partial charge in [-0.1, -0.05) is 66.8 Å². The van der Waals surface area contributed by atoms with Crippen molar-refractivity contribution in [3.05, 3.63) is 95.6 Å². The van der Waals surface area contributed by atoms with Gasteiger partial charge in [0.1, 0.15) is 0 Å². The van der Waals surface area contributed by atoms with Crippen LogP contribution in [-0.2, 0) is 23.7 Å². The summed E-state index contributed by atoms with van der Waals surface area (Å²) in [6.07, 6.45) is 12.5. The van der Waals surface area contributed by atoms with E-state index in [0.29, 0.717) is 12.3 Å². The molecule has 0 aromatic heterocycles. The topological polar surface area (TPSA) is 9.23 Å². The van der Waals surface area contributed by atoms with E-state index in [1.807, 2.05) is 42.5 Å². The molecule has 0 aliphatic heterocycles. The van der Waals surface area contributed by atoms with Gasteiger partial charge in [-0.3, -0.25) is 0 Å². The summed E-state index contributed by atoms with van der Waals surface area (Å²) in [5.74, 6) is 1.29. The molecule has 0 spiro atoms. The quantitative estimate of drug-likeness (QED) is 0.293. The van der Waals surface area contributed by atoms with Gasteiger partial charge in [0.25, 0.3) is 0 Å². The summed E-state index contributed by atoms with van der Waals surface area (Å²) in [6, 6.07) is 14.9. The van der Waals surface area contributed by atoms with E-state index in [1.165, 1.54) is 30.4 Å². The first-order chi connectivity index (χ1) is 16.0. The highest BCUT2D eigenvalue weighted by Gasteiger charge is 2.33. The van der Waals surface area contributed by atoms with Crippen LogP contribution in [0.1, 0.15) is 80.0 Å². The molecule has 3 rings (SSSR count). The standard InChI is InChI=1S/C30H38F2O/c1-3-5-7-9-25-14-16-27(17-15-25)28-18-20-29(21-19-28)30(31,32)33-23-22-26-12-10-24(11-13-26)8-6-4-2/h3-5,10-13,18-21,25,27H,2,6-9,14-17,22-23H2,1H3. The molecule has 1 aliphatic carbocycles. The van der Waals surface area contributed by atoms with E-state index in [9.17, 15) is 8.78 Å². The summed E-state index contributed by atoms with van der Waals surface area (Å²) in [5.41, 5.74) is 3.35. The van der Waals surface area contributed by atoms with Gasteiger partial charge in [0.05, 0.1) is 12.2 Å². The molecule has 2 aromatic carbocycles. The van der Waals surface area contributed by atoms with Gasteiger partial charge in [-0.05, 0) is 93.2 Å². The Morgan fingerprint density at radius 2 is 1.55 bits per heavy atom. The Bertz CT molecular complexity index is 859. The van der Waals surface area contributed by atoms with Crippen LogP contribution in [-0.4, -0.2) is 6.61 Å². The molecule has 1 aliphatic rings. The number of hydrogen-bond donors (Lipinski definition) is 0. The molecule has 0 bridgehead atoms. The first-order valence-corrected chi connectivity index (χ1v) is 12.4. The fraction of sp³-hybridized carbons (Fsp3) is 0.467. The highest BCUT2D eigenvalue weighted by molar-refractivity contribution is 5.28. The van der Waals surface area contributed by atoms with E-state index in [-0.39, 0.29) is 12.2 Å². The second kappa shape index (κ2) is 12.8. The van der Waals surface area contributed by atoms with Gasteiger partial charge in [-0.25, -0.2) is 0 Å². The first-order valence-electron chi connectivity index (χ1n) is 12.4. The number of benzene rings is 2.